The molecular weight excluding hydrogens is 887 g/mol. The summed E-state index contributed by atoms with van der Waals surface area (Å²) in [6.07, 6.45) is 33.4. The summed E-state index contributed by atoms with van der Waals surface area (Å²) in [4.78, 5) is 0. The van der Waals surface area contributed by atoms with Crippen LogP contribution >= 0.6 is 24.8 Å². The van der Waals surface area contributed by atoms with Crippen LogP contribution in [0.5, 0.6) is 0 Å². The Hall–Kier alpha value is -1.96. The van der Waals surface area contributed by atoms with Crippen molar-refractivity contribution in [3.8, 4) is 22.3 Å². The van der Waals surface area contributed by atoms with E-state index in [1.165, 1.54) is 162 Å². The Morgan fingerprint density at radius 3 is 1.18 bits per heavy atom. The molecular formula is C58H80Cl2SiZr. The smallest absolute Gasteiger partial charge is 0.147 e. The number of benzene rings is 4. The van der Waals surface area contributed by atoms with Crippen molar-refractivity contribution in [3.05, 3.63) is 129 Å². The summed E-state index contributed by atoms with van der Waals surface area (Å²) in [7, 11) is 0. The van der Waals surface area contributed by atoms with Crippen molar-refractivity contribution in [2.45, 2.75) is 173 Å². The van der Waals surface area contributed by atoms with E-state index in [-0.39, 0.29) is 24.8 Å². The fourth-order valence-corrected chi connectivity index (χ4v) is 33.6. The van der Waals surface area contributed by atoms with Crippen LogP contribution in [0.3, 0.4) is 0 Å². The van der Waals surface area contributed by atoms with Crippen LogP contribution in [0.1, 0.15) is 183 Å². The Labute approximate surface area is 393 Å². The fraction of sp³-hybridized carbons (Fsp3) is 0.517. The van der Waals surface area contributed by atoms with Crippen LogP contribution in [0.2, 0.25) is 9.26 Å². The summed E-state index contributed by atoms with van der Waals surface area (Å²) in [5.41, 5.74) is 19.2. The molecule has 4 heteroatoms. The SMILES string of the molecule is CCCC1(CC2=Cc3c(-c4ccc(C)cc4)cccc3[CH]2[Zr]([CH3])([CH3])(=[SiH2])[CH]2C(CC3(CCC)CCCCCCC3)=Cc3c(-c4ccc(C)cc4)cccc32)CCCCCCC1.Cl.Cl. The number of rotatable bonds is 12. The molecule has 0 aromatic heterocycles. The zero-order valence-electron chi connectivity index (χ0n) is 39.6. The number of allylic oxidation sites excluding steroid dienone is 2. The van der Waals surface area contributed by atoms with Crippen molar-refractivity contribution in [1.82, 2.24) is 0 Å². The van der Waals surface area contributed by atoms with Gasteiger partial charge < -0.3 is 0 Å². The van der Waals surface area contributed by atoms with Gasteiger partial charge in [-0.05, 0) is 0 Å². The second kappa shape index (κ2) is 20.7. The Morgan fingerprint density at radius 1 is 0.500 bits per heavy atom. The Bertz CT molecular complexity index is 2100. The summed E-state index contributed by atoms with van der Waals surface area (Å²) in [6, 6.07) is 33.8. The average Bonchev–Trinajstić information content (AvgIpc) is 3.78. The third-order valence-corrected chi connectivity index (χ3v) is 34.0. The molecule has 0 heterocycles. The zero-order chi connectivity index (χ0) is 42.0. The van der Waals surface area contributed by atoms with Crippen molar-refractivity contribution >= 4 is 43.8 Å². The molecule has 4 aromatic carbocycles. The second-order valence-electron chi connectivity index (χ2n) is 22.0. The van der Waals surface area contributed by atoms with Crippen LogP contribution in [0.25, 0.3) is 34.4 Å². The minimum atomic E-state index is -4.01. The van der Waals surface area contributed by atoms with Gasteiger partial charge in [0, 0.05) is 0 Å². The van der Waals surface area contributed by atoms with E-state index in [1.54, 1.807) is 22.3 Å². The van der Waals surface area contributed by atoms with Gasteiger partial charge in [-0.15, -0.1) is 24.8 Å². The minimum absolute atomic E-state index is 0. The van der Waals surface area contributed by atoms with E-state index in [0.29, 0.717) is 18.1 Å². The molecule has 334 valence electrons. The van der Waals surface area contributed by atoms with Crippen molar-refractivity contribution in [2.75, 3.05) is 0 Å². The van der Waals surface area contributed by atoms with Gasteiger partial charge >= 0.3 is 372 Å². The van der Waals surface area contributed by atoms with E-state index >= 15 is 0 Å². The summed E-state index contributed by atoms with van der Waals surface area (Å²) in [5.74, 6) is 0. The maximum absolute atomic E-state index is 4.01. The van der Waals surface area contributed by atoms with E-state index in [2.05, 4.69) is 141 Å². The normalized spacial score (nSPS) is 21.1. The Kier molecular flexibility index (Phi) is 16.5. The molecule has 0 radical (unpaired) electrons. The van der Waals surface area contributed by atoms with E-state index in [9.17, 15) is 0 Å². The average molecular weight is 967 g/mol. The first-order chi connectivity index (χ1) is 28.9. The van der Waals surface area contributed by atoms with Gasteiger partial charge in [0.15, 0.2) is 0 Å². The molecule has 8 rings (SSSR count). The Morgan fingerprint density at radius 2 is 0.839 bits per heavy atom. The molecule has 2 atom stereocenters. The quantitative estimate of drug-likeness (QED) is 0.124. The number of aryl methyl sites for hydroxylation is 2. The van der Waals surface area contributed by atoms with Gasteiger partial charge in [0.05, 0.1) is 0 Å². The van der Waals surface area contributed by atoms with E-state index in [4.69, 9.17) is 0 Å². The molecule has 4 aliphatic carbocycles. The number of fused-ring (bicyclic) bond motifs is 2. The molecule has 4 aliphatic rings. The topological polar surface area (TPSA) is 0 Å². The standard InChI is InChI=1S/2C28H35.2CH3.2ClH.H2Si.Zr/c2*1-3-16-28(17-7-5-4-6-8-18-28)21-23-19-25-10-9-11-26(27(25)20-23)24-14-12-22(2)13-15-24;;;;;;/h2*9-15,19-20H,3-8,16-18,21H2,1-2H3;2*1H3;2*1H;1H2;. The molecule has 2 saturated carbocycles. The van der Waals surface area contributed by atoms with E-state index < -0.39 is 17.4 Å². The first-order valence-corrected chi connectivity index (χ1v) is 38.5. The minimum Gasteiger partial charge on any atom is -0.147 e. The molecule has 0 aliphatic heterocycles. The van der Waals surface area contributed by atoms with E-state index in [0.717, 1.165) is 0 Å². The molecule has 0 bridgehead atoms. The van der Waals surface area contributed by atoms with Crippen LogP contribution in [0.4, 0.5) is 0 Å². The summed E-state index contributed by atoms with van der Waals surface area (Å²) < 4.78 is 6.97. The van der Waals surface area contributed by atoms with Crippen LogP contribution in [-0.2, 0) is 17.4 Å². The molecule has 0 nitrogen and oxygen atoms in total. The van der Waals surface area contributed by atoms with Gasteiger partial charge in [0.25, 0.3) is 0 Å². The first-order valence-electron chi connectivity index (χ1n) is 24.8. The predicted octanol–water partition coefficient (Wildman–Crippen LogP) is 18.2. The van der Waals surface area contributed by atoms with Crippen molar-refractivity contribution in [1.29, 1.82) is 0 Å². The molecule has 4 aromatic rings. The second-order valence-corrected chi connectivity index (χ2v) is 52.5. The van der Waals surface area contributed by atoms with Gasteiger partial charge in [-0.1, -0.05) is 0 Å². The number of hydrogen-bond donors (Lipinski definition) is 0. The predicted molar refractivity (Wildman–Crippen MR) is 278 cm³/mol. The molecule has 62 heavy (non-hydrogen) atoms. The maximum atomic E-state index is 2.95. The third-order valence-electron chi connectivity index (χ3n) is 16.5. The van der Waals surface area contributed by atoms with Gasteiger partial charge in [-0.3, -0.25) is 0 Å². The maximum Gasteiger partial charge on any atom is -0.147 e. The van der Waals surface area contributed by atoms with Gasteiger partial charge in [-0.25, -0.2) is 0 Å². The van der Waals surface area contributed by atoms with Crippen molar-refractivity contribution in [2.24, 2.45) is 10.8 Å². The summed E-state index contributed by atoms with van der Waals surface area (Å²) in [5, 5.41) is 0. The summed E-state index contributed by atoms with van der Waals surface area (Å²) >= 11 is -4.01. The van der Waals surface area contributed by atoms with Gasteiger partial charge in [0.2, 0.25) is 0 Å². The fourth-order valence-electron chi connectivity index (χ4n) is 13.9. The summed E-state index contributed by atoms with van der Waals surface area (Å²) in [6.45, 7) is 12.0. The molecule has 0 saturated heterocycles. The third kappa shape index (κ3) is 10.2. The van der Waals surface area contributed by atoms with Crippen LogP contribution in [0.15, 0.2) is 96.1 Å². The molecule has 0 spiro atoms. The molecule has 2 fully saturated rings. The largest absolute Gasteiger partial charge is 0.147 e. The number of hydrogen-bond acceptors (Lipinski definition) is 0. The molecule has 0 N–H and O–H groups in total. The van der Waals surface area contributed by atoms with Crippen molar-refractivity contribution < 1.29 is 17.4 Å². The van der Waals surface area contributed by atoms with Crippen LogP contribution in [-0.4, -0.2) is 6.88 Å². The van der Waals surface area contributed by atoms with Crippen molar-refractivity contribution in [3.63, 3.8) is 0 Å². The first kappa shape index (κ1) is 49.5. The number of halogens is 2. The van der Waals surface area contributed by atoms with Gasteiger partial charge in [0.1, 0.15) is 0 Å². The monoisotopic (exact) mass is 964 g/mol. The van der Waals surface area contributed by atoms with Crippen LogP contribution in [0, 0.1) is 24.7 Å². The van der Waals surface area contributed by atoms with E-state index in [1.807, 2.05) is 11.1 Å². The molecule has 2 unspecified atom stereocenters. The van der Waals surface area contributed by atoms with Crippen LogP contribution < -0.4 is 0 Å². The van der Waals surface area contributed by atoms with Gasteiger partial charge in [-0.2, -0.15) is 0 Å². The zero-order valence-corrected chi connectivity index (χ0v) is 45.1. The Balaban J connectivity index is 0.00000321. The molecule has 0 amide bonds.